The molecule has 5 heteroatoms. The van der Waals surface area contributed by atoms with Crippen molar-refractivity contribution in [3.05, 3.63) is 17.0 Å². The van der Waals surface area contributed by atoms with E-state index in [2.05, 4.69) is 10.4 Å². The van der Waals surface area contributed by atoms with Crippen molar-refractivity contribution in [1.29, 1.82) is 0 Å². The molecule has 1 unspecified atom stereocenters. The van der Waals surface area contributed by atoms with Gasteiger partial charge in [-0.15, -0.1) is 0 Å². The van der Waals surface area contributed by atoms with E-state index in [9.17, 15) is 4.79 Å². The number of aromatic nitrogens is 2. The average Bonchev–Trinajstić information content (AvgIpc) is 2.48. The summed E-state index contributed by atoms with van der Waals surface area (Å²) in [6, 6.07) is 0. The predicted octanol–water partition coefficient (Wildman–Crippen LogP) is 0.467. The summed E-state index contributed by atoms with van der Waals surface area (Å²) in [6.07, 6.45) is 0.623. The zero-order valence-corrected chi connectivity index (χ0v) is 10.9. The van der Waals surface area contributed by atoms with Gasteiger partial charge in [-0.25, -0.2) is 0 Å². The van der Waals surface area contributed by atoms with Crippen LogP contribution in [0.2, 0.25) is 0 Å². The number of amides is 1. The lowest BCUT2D eigenvalue weighted by atomic mass is 10.1. The summed E-state index contributed by atoms with van der Waals surface area (Å²) in [4.78, 5) is 11.5. The zero-order valence-electron chi connectivity index (χ0n) is 10.9. The lowest BCUT2D eigenvalue weighted by Crippen LogP contribution is -2.30. The summed E-state index contributed by atoms with van der Waals surface area (Å²) in [5.74, 6) is -0.0337. The van der Waals surface area contributed by atoms with Gasteiger partial charge in [-0.05, 0) is 32.8 Å². The fourth-order valence-electron chi connectivity index (χ4n) is 1.77. The molecule has 1 atom stereocenters. The Balaban J connectivity index is 2.47. The van der Waals surface area contributed by atoms with E-state index in [1.165, 1.54) is 0 Å². The summed E-state index contributed by atoms with van der Waals surface area (Å²) < 4.78 is 1.83. The van der Waals surface area contributed by atoms with Gasteiger partial charge in [-0.3, -0.25) is 9.48 Å². The van der Waals surface area contributed by atoms with Crippen LogP contribution in [-0.4, -0.2) is 33.4 Å². The second kappa shape index (κ2) is 5.82. The van der Waals surface area contributed by atoms with E-state index in [4.69, 9.17) is 5.11 Å². The van der Waals surface area contributed by atoms with Crippen molar-refractivity contribution in [3.8, 4) is 0 Å². The molecular weight excluding hydrogens is 218 g/mol. The number of hydrogen-bond acceptors (Lipinski definition) is 3. The molecule has 0 saturated carbocycles. The van der Waals surface area contributed by atoms with Gasteiger partial charge in [0.1, 0.15) is 0 Å². The molecule has 0 aliphatic rings. The van der Waals surface area contributed by atoms with Gasteiger partial charge in [0, 0.05) is 25.7 Å². The Morgan fingerprint density at radius 3 is 2.65 bits per heavy atom. The maximum absolute atomic E-state index is 11.5. The second-order valence-corrected chi connectivity index (χ2v) is 4.43. The number of nitrogens with one attached hydrogen (secondary N) is 1. The second-order valence-electron chi connectivity index (χ2n) is 4.43. The summed E-state index contributed by atoms with van der Waals surface area (Å²) in [5, 5.41) is 16.0. The minimum absolute atomic E-state index is 0.0337. The van der Waals surface area contributed by atoms with Crippen molar-refractivity contribution >= 4 is 5.91 Å². The van der Waals surface area contributed by atoms with Gasteiger partial charge in [-0.1, -0.05) is 0 Å². The van der Waals surface area contributed by atoms with Crippen LogP contribution in [0.25, 0.3) is 0 Å². The van der Waals surface area contributed by atoms with E-state index in [1.54, 1.807) is 6.92 Å². The predicted molar refractivity (Wildman–Crippen MR) is 65.7 cm³/mol. The number of carbonyl (C=O) groups is 1. The van der Waals surface area contributed by atoms with Gasteiger partial charge < -0.3 is 10.4 Å². The third-order valence-electron chi connectivity index (χ3n) is 2.86. The molecule has 0 bridgehead atoms. The van der Waals surface area contributed by atoms with Crippen molar-refractivity contribution in [3.63, 3.8) is 0 Å². The molecular formula is C12H21N3O2. The summed E-state index contributed by atoms with van der Waals surface area (Å²) in [7, 11) is 1.90. The van der Waals surface area contributed by atoms with E-state index in [0.717, 1.165) is 17.0 Å². The molecule has 1 rings (SSSR count). The number of rotatable bonds is 5. The summed E-state index contributed by atoms with van der Waals surface area (Å²) >= 11 is 0. The first kappa shape index (κ1) is 13.7. The molecule has 0 aliphatic carbocycles. The summed E-state index contributed by atoms with van der Waals surface area (Å²) in [5.41, 5.74) is 3.22. The van der Waals surface area contributed by atoms with Gasteiger partial charge in [0.05, 0.1) is 11.8 Å². The van der Waals surface area contributed by atoms with Crippen molar-refractivity contribution in [2.75, 3.05) is 6.54 Å². The van der Waals surface area contributed by atoms with E-state index >= 15 is 0 Å². The Labute approximate surface area is 102 Å². The van der Waals surface area contributed by atoms with Crippen LogP contribution in [0.15, 0.2) is 0 Å². The third kappa shape index (κ3) is 3.85. The average molecular weight is 239 g/mol. The Kier molecular flexibility index (Phi) is 4.69. The van der Waals surface area contributed by atoms with Crippen LogP contribution in [0, 0.1) is 13.8 Å². The number of hydrogen-bond donors (Lipinski definition) is 2. The Morgan fingerprint density at radius 1 is 1.53 bits per heavy atom. The lowest BCUT2D eigenvalue weighted by molar-refractivity contribution is -0.121. The normalized spacial score (nSPS) is 12.5. The number of aliphatic hydroxyl groups is 1. The highest BCUT2D eigenvalue weighted by Crippen LogP contribution is 2.13. The van der Waals surface area contributed by atoms with E-state index in [1.807, 2.05) is 25.6 Å². The number of aliphatic hydroxyl groups excluding tert-OH is 1. The smallest absolute Gasteiger partial charge is 0.220 e. The summed E-state index contributed by atoms with van der Waals surface area (Å²) in [6.45, 7) is 5.92. The molecule has 0 fully saturated rings. The van der Waals surface area contributed by atoms with Crippen LogP contribution in [0.5, 0.6) is 0 Å². The maximum Gasteiger partial charge on any atom is 0.220 e. The SMILES string of the molecule is Cc1nn(C)c(C)c1CCC(=O)NCC(C)O. The molecule has 1 aromatic rings. The number of aryl methyl sites for hydroxylation is 2. The van der Waals surface area contributed by atoms with E-state index < -0.39 is 6.10 Å². The van der Waals surface area contributed by atoms with Crippen molar-refractivity contribution in [1.82, 2.24) is 15.1 Å². The van der Waals surface area contributed by atoms with Gasteiger partial charge in [-0.2, -0.15) is 5.10 Å². The minimum atomic E-state index is -0.499. The molecule has 0 aliphatic heterocycles. The Bertz CT molecular complexity index is 397. The van der Waals surface area contributed by atoms with E-state index in [-0.39, 0.29) is 5.91 Å². The van der Waals surface area contributed by atoms with Gasteiger partial charge >= 0.3 is 0 Å². The standard InChI is InChI=1S/C12H21N3O2/c1-8(16)7-13-12(17)6-5-11-9(2)14-15(4)10(11)3/h8,16H,5-7H2,1-4H3,(H,13,17). The largest absolute Gasteiger partial charge is 0.392 e. The highest BCUT2D eigenvalue weighted by molar-refractivity contribution is 5.76. The van der Waals surface area contributed by atoms with Crippen molar-refractivity contribution in [2.24, 2.45) is 7.05 Å². The lowest BCUT2D eigenvalue weighted by Gasteiger charge is -2.07. The molecule has 5 nitrogen and oxygen atoms in total. The van der Waals surface area contributed by atoms with Crippen molar-refractivity contribution in [2.45, 2.75) is 39.7 Å². The quantitative estimate of drug-likeness (QED) is 0.784. The molecule has 2 N–H and O–H groups in total. The minimum Gasteiger partial charge on any atom is -0.392 e. The van der Waals surface area contributed by atoms with Gasteiger partial charge in [0.2, 0.25) is 5.91 Å². The Morgan fingerprint density at radius 2 is 2.18 bits per heavy atom. The van der Waals surface area contributed by atoms with Crippen LogP contribution in [0.3, 0.4) is 0 Å². The van der Waals surface area contributed by atoms with Gasteiger partial charge in [0.25, 0.3) is 0 Å². The van der Waals surface area contributed by atoms with Crippen LogP contribution in [-0.2, 0) is 18.3 Å². The van der Waals surface area contributed by atoms with Crippen LogP contribution < -0.4 is 5.32 Å². The Hall–Kier alpha value is -1.36. The fraction of sp³-hybridized carbons (Fsp3) is 0.667. The molecule has 0 radical (unpaired) electrons. The molecule has 17 heavy (non-hydrogen) atoms. The molecule has 0 spiro atoms. The topological polar surface area (TPSA) is 67.2 Å². The molecule has 1 amide bonds. The van der Waals surface area contributed by atoms with Crippen molar-refractivity contribution < 1.29 is 9.90 Å². The first-order chi connectivity index (χ1) is 7.91. The van der Waals surface area contributed by atoms with Crippen LogP contribution in [0.1, 0.15) is 30.3 Å². The third-order valence-corrected chi connectivity index (χ3v) is 2.86. The molecule has 1 aromatic heterocycles. The zero-order chi connectivity index (χ0) is 13.0. The highest BCUT2D eigenvalue weighted by Gasteiger charge is 2.11. The molecule has 0 saturated heterocycles. The van der Waals surface area contributed by atoms with Crippen LogP contribution >= 0.6 is 0 Å². The van der Waals surface area contributed by atoms with E-state index in [0.29, 0.717) is 19.4 Å². The maximum atomic E-state index is 11.5. The molecule has 1 heterocycles. The molecule has 96 valence electrons. The number of carbonyl (C=O) groups excluding carboxylic acids is 1. The molecule has 0 aromatic carbocycles. The first-order valence-electron chi connectivity index (χ1n) is 5.85. The fourth-order valence-corrected chi connectivity index (χ4v) is 1.77. The first-order valence-corrected chi connectivity index (χ1v) is 5.85. The monoisotopic (exact) mass is 239 g/mol. The van der Waals surface area contributed by atoms with Crippen LogP contribution in [0.4, 0.5) is 0 Å². The number of nitrogens with zero attached hydrogens (tertiary/aromatic N) is 2. The highest BCUT2D eigenvalue weighted by atomic mass is 16.3. The van der Waals surface area contributed by atoms with Gasteiger partial charge in [0.15, 0.2) is 0 Å².